The van der Waals surface area contributed by atoms with Crippen molar-refractivity contribution in [1.82, 2.24) is 15.2 Å². The van der Waals surface area contributed by atoms with Crippen LogP contribution in [-0.2, 0) is 4.79 Å². The summed E-state index contributed by atoms with van der Waals surface area (Å²) in [5, 5.41) is 12.3. The van der Waals surface area contributed by atoms with Gasteiger partial charge in [0.2, 0.25) is 0 Å². The fourth-order valence-corrected chi connectivity index (χ4v) is 2.65. The Morgan fingerprint density at radius 2 is 2.22 bits per heavy atom. The second-order valence-electron chi connectivity index (χ2n) is 4.05. The molecule has 1 atom stereocenters. The van der Waals surface area contributed by atoms with E-state index in [1.54, 1.807) is 5.51 Å². The molecule has 2 N–H and O–H groups in total. The number of carbonyl (C=O) groups is 1. The van der Waals surface area contributed by atoms with Crippen LogP contribution in [0.3, 0.4) is 0 Å². The van der Waals surface area contributed by atoms with Crippen LogP contribution in [0.5, 0.6) is 0 Å². The number of hydrogen-bond donors (Lipinski definition) is 2. The number of nitrogens with one attached hydrogen (secondary N) is 1. The zero-order chi connectivity index (χ0) is 13.5. The molecule has 0 bridgehead atoms. The largest absolute Gasteiger partial charge is 0.480 e. The van der Waals surface area contributed by atoms with Crippen LogP contribution in [0.4, 0.5) is 0 Å². The second-order valence-corrected chi connectivity index (χ2v) is 4.94. The minimum atomic E-state index is -0.845. The van der Waals surface area contributed by atoms with Gasteiger partial charge in [0.25, 0.3) is 0 Å². The number of rotatable bonds is 8. The predicted octanol–water partition coefficient (Wildman–Crippen LogP) is 1.51. The summed E-state index contributed by atoms with van der Waals surface area (Å²) in [6.45, 7) is 9.53. The van der Waals surface area contributed by atoms with Crippen molar-refractivity contribution in [2.75, 3.05) is 26.2 Å². The van der Waals surface area contributed by atoms with Gasteiger partial charge in [-0.3, -0.25) is 10.1 Å². The van der Waals surface area contributed by atoms with Crippen molar-refractivity contribution in [3.63, 3.8) is 0 Å². The molecular formula is C12H21N3O2S. The van der Waals surface area contributed by atoms with Crippen molar-refractivity contribution in [2.45, 2.75) is 26.8 Å². The summed E-state index contributed by atoms with van der Waals surface area (Å²) in [7, 11) is 0. The number of carboxylic acids is 1. The van der Waals surface area contributed by atoms with Gasteiger partial charge in [-0.15, -0.1) is 11.3 Å². The highest BCUT2D eigenvalue weighted by atomic mass is 32.1. The van der Waals surface area contributed by atoms with Crippen LogP contribution in [0.2, 0.25) is 0 Å². The van der Waals surface area contributed by atoms with Crippen molar-refractivity contribution in [3.05, 3.63) is 16.1 Å². The van der Waals surface area contributed by atoms with Crippen molar-refractivity contribution in [1.29, 1.82) is 0 Å². The summed E-state index contributed by atoms with van der Waals surface area (Å²) in [6.07, 6.45) is 0. The molecule has 0 aliphatic heterocycles. The molecule has 0 spiro atoms. The first-order valence-electron chi connectivity index (χ1n) is 6.18. The number of likely N-dealkylation sites (N-methyl/N-ethyl adjacent to an activating group) is 1. The Labute approximate surface area is 112 Å². The molecule has 0 aliphatic carbocycles. The van der Waals surface area contributed by atoms with Crippen LogP contribution in [0, 0.1) is 6.92 Å². The number of nitrogens with zero attached hydrogens (tertiary/aromatic N) is 2. The van der Waals surface area contributed by atoms with E-state index in [0.717, 1.165) is 30.2 Å². The molecule has 5 nitrogen and oxygen atoms in total. The van der Waals surface area contributed by atoms with Crippen LogP contribution in [-0.4, -0.2) is 47.1 Å². The maximum absolute atomic E-state index is 11.3. The Kier molecular flexibility index (Phi) is 6.24. The number of aryl methyl sites for hydroxylation is 1. The van der Waals surface area contributed by atoms with Gasteiger partial charge >= 0.3 is 5.97 Å². The van der Waals surface area contributed by atoms with Crippen LogP contribution in [0.15, 0.2) is 5.51 Å². The van der Waals surface area contributed by atoms with Gasteiger partial charge in [0.15, 0.2) is 0 Å². The number of aliphatic carboxylic acids is 1. The quantitative estimate of drug-likeness (QED) is 0.750. The molecule has 1 aromatic heterocycles. The van der Waals surface area contributed by atoms with Gasteiger partial charge in [0.05, 0.1) is 16.1 Å². The van der Waals surface area contributed by atoms with E-state index in [9.17, 15) is 9.90 Å². The summed E-state index contributed by atoms with van der Waals surface area (Å²) in [5.41, 5.74) is 2.48. The van der Waals surface area contributed by atoms with E-state index < -0.39 is 12.0 Å². The lowest BCUT2D eigenvalue weighted by molar-refractivity contribution is -0.139. The third kappa shape index (κ3) is 4.04. The molecule has 1 unspecified atom stereocenters. The third-order valence-electron chi connectivity index (χ3n) is 2.96. The predicted molar refractivity (Wildman–Crippen MR) is 73.0 cm³/mol. The molecule has 0 saturated heterocycles. The first-order chi connectivity index (χ1) is 8.60. The van der Waals surface area contributed by atoms with Crippen molar-refractivity contribution in [2.24, 2.45) is 0 Å². The van der Waals surface area contributed by atoms with E-state index >= 15 is 0 Å². The summed E-state index contributed by atoms with van der Waals surface area (Å²) in [5.74, 6) is -0.845. The molecule has 18 heavy (non-hydrogen) atoms. The van der Waals surface area contributed by atoms with Gasteiger partial charge in [-0.05, 0) is 20.0 Å². The molecule has 6 heteroatoms. The lowest BCUT2D eigenvalue weighted by Crippen LogP contribution is -2.36. The lowest BCUT2D eigenvalue weighted by atomic mass is 10.2. The van der Waals surface area contributed by atoms with Gasteiger partial charge in [-0.1, -0.05) is 13.8 Å². The highest BCUT2D eigenvalue weighted by molar-refractivity contribution is 7.10. The summed E-state index contributed by atoms with van der Waals surface area (Å²) >= 11 is 1.39. The Hall–Kier alpha value is -0.980. The summed E-state index contributed by atoms with van der Waals surface area (Å²) in [4.78, 5) is 18.4. The van der Waals surface area contributed by atoms with Gasteiger partial charge in [-0.25, -0.2) is 4.98 Å². The summed E-state index contributed by atoms with van der Waals surface area (Å²) in [6, 6.07) is -0.645. The fraction of sp³-hybridized carbons (Fsp3) is 0.667. The highest BCUT2D eigenvalue weighted by Gasteiger charge is 2.22. The molecule has 1 heterocycles. The van der Waals surface area contributed by atoms with E-state index in [1.807, 2.05) is 6.92 Å². The lowest BCUT2D eigenvalue weighted by Gasteiger charge is -2.20. The topological polar surface area (TPSA) is 65.5 Å². The van der Waals surface area contributed by atoms with Crippen molar-refractivity contribution in [3.8, 4) is 0 Å². The number of aromatic nitrogens is 1. The molecule has 0 amide bonds. The molecule has 0 aromatic carbocycles. The van der Waals surface area contributed by atoms with E-state index in [4.69, 9.17) is 0 Å². The van der Waals surface area contributed by atoms with Gasteiger partial charge < -0.3 is 10.0 Å². The summed E-state index contributed by atoms with van der Waals surface area (Å²) < 4.78 is 0. The third-order valence-corrected chi connectivity index (χ3v) is 3.96. The molecular weight excluding hydrogens is 250 g/mol. The Bertz CT molecular complexity index is 377. The molecule has 1 aromatic rings. The first-order valence-corrected chi connectivity index (χ1v) is 7.06. The van der Waals surface area contributed by atoms with Crippen LogP contribution >= 0.6 is 11.3 Å². The molecule has 0 aliphatic rings. The second kappa shape index (κ2) is 7.45. The first kappa shape index (κ1) is 15.1. The van der Waals surface area contributed by atoms with Crippen LogP contribution in [0.25, 0.3) is 0 Å². The monoisotopic (exact) mass is 271 g/mol. The Morgan fingerprint density at radius 3 is 2.67 bits per heavy atom. The van der Waals surface area contributed by atoms with E-state index in [2.05, 4.69) is 29.0 Å². The zero-order valence-electron chi connectivity index (χ0n) is 11.1. The molecule has 0 saturated carbocycles. The average molecular weight is 271 g/mol. The molecule has 102 valence electrons. The minimum absolute atomic E-state index is 0.645. The van der Waals surface area contributed by atoms with Gasteiger partial charge in [0, 0.05) is 13.1 Å². The standard InChI is InChI=1S/C12H21N3O2S/c1-4-15(5-2)7-6-13-10(12(16)17)11-9(3)14-8-18-11/h8,10,13H,4-7H2,1-3H3,(H,16,17). The fourth-order valence-electron chi connectivity index (χ4n) is 1.79. The Balaban J connectivity index is 2.55. The number of hydrogen-bond acceptors (Lipinski definition) is 5. The van der Waals surface area contributed by atoms with E-state index in [0.29, 0.717) is 6.54 Å². The van der Waals surface area contributed by atoms with Crippen molar-refractivity contribution >= 4 is 17.3 Å². The number of thiazole rings is 1. The SMILES string of the molecule is CCN(CC)CCNC(C(=O)O)c1scnc1C. The van der Waals surface area contributed by atoms with Crippen LogP contribution in [0.1, 0.15) is 30.5 Å². The van der Waals surface area contributed by atoms with Crippen LogP contribution < -0.4 is 5.32 Å². The van der Waals surface area contributed by atoms with Gasteiger partial charge in [0.1, 0.15) is 6.04 Å². The molecule has 1 rings (SSSR count). The Morgan fingerprint density at radius 1 is 1.56 bits per heavy atom. The minimum Gasteiger partial charge on any atom is -0.480 e. The molecule has 0 radical (unpaired) electrons. The van der Waals surface area contributed by atoms with E-state index in [-0.39, 0.29) is 0 Å². The average Bonchev–Trinajstić information content (AvgIpc) is 2.75. The van der Waals surface area contributed by atoms with E-state index in [1.165, 1.54) is 11.3 Å². The molecule has 0 fully saturated rings. The zero-order valence-corrected chi connectivity index (χ0v) is 12.0. The maximum Gasteiger partial charge on any atom is 0.326 e. The number of carboxylic acid groups (broad SMARTS) is 1. The van der Waals surface area contributed by atoms with Gasteiger partial charge in [-0.2, -0.15) is 0 Å². The smallest absolute Gasteiger partial charge is 0.326 e. The highest BCUT2D eigenvalue weighted by Crippen LogP contribution is 2.21. The normalized spacial score (nSPS) is 12.9. The van der Waals surface area contributed by atoms with Crippen molar-refractivity contribution < 1.29 is 9.90 Å². The maximum atomic E-state index is 11.3.